The zero-order valence-electron chi connectivity index (χ0n) is 24.2. The molecule has 5 nitrogen and oxygen atoms in total. The van der Waals surface area contributed by atoms with Crippen LogP contribution in [0.3, 0.4) is 0 Å². The fraction of sp³-hybridized carbons (Fsp3) is 0.412. The monoisotopic (exact) mass is 594 g/mol. The van der Waals surface area contributed by atoms with E-state index in [4.69, 9.17) is 27.9 Å². The van der Waals surface area contributed by atoms with Gasteiger partial charge < -0.3 is 15.0 Å². The first-order valence-corrected chi connectivity index (χ1v) is 15.2. The quantitative estimate of drug-likeness (QED) is 0.261. The first-order valence-electron chi connectivity index (χ1n) is 14.4. The van der Waals surface area contributed by atoms with Crippen molar-refractivity contribution < 1.29 is 14.3 Å². The van der Waals surface area contributed by atoms with Gasteiger partial charge in [0.05, 0.1) is 0 Å². The van der Waals surface area contributed by atoms with Crippen molar-refractivity contribution in [2.45, 2.75) is 83.3 Å². The molecule has 7 heteroatoms. The van der Waals surface area contributed by atoms with E-state index in [1.807, 2.05) is 54.6 Å². The molecule has 0 aromatic heterocycles. The summed E-state index contributed by atoms with van der Waals surface area (Å²) in [5, 5.41) is 4.21. The highest BCUT2D eigenvalue weighted by Gasteiger charge is 2.33. The number of amides is 2. The first-order chi connectivity index (χ1) is 19.6. The van der Waals surface area contributed by atoms with Crippen LogP contribution in [0.2, 0.25) is 10.0 Å². The van der Waals surface area contributed by atoms with Crippen LogP contribution >= 0.6 is 23.2 Å². The maximum atomic E-state index is 14.0. The minimum absolute atomic E-state index is 0.112. The van der Waals surface area contributed by atoms with Gasteiger partial charge in [-0.25, -0.2) is 0 Å². The predicted molar refractivity (Wildman–Crippen MR) is 167 cm³/mol. The van der Waals surface area contributed by atoms with Crippen LogP contribution in [0, 0.1) is 0 Å². The van der Waals surface area contributed by atoms with Crippen molar-refractivity contribution in [3.8, 4) is 5.75 Å². The second kappa shape index (κ2) is 14.2. The molecule has 4 rings (SSSR count). The average Bonchev–Trinajstić information content (AvgIpc) is 2.95. The van der Waals surface area contributed by atoms with Crippen molar-refractivity contribution in [1.29, 1.82) is 0 Å². The van der Waals surface area contributed by atoms with E-state index < -0.39 is 6.04 Å². The molecule has 1 fully saturated rings. The van der Waals surface area contributed by atoms with Gasteiger partial charge in [0, 0.05) is 29.1 Å². The van der Waals surface area contributed by atoms with Crippen LogP contribution in [0.15, 0.2) is 72.8 Å². The smallest absolute Gasteiger partial charge is 0.261 e. The summed E-state index contributed by atoms with van der Waals surface area (Å²) in [6.07, 6.45) is 5.65. The van der Waals surface area contributed by atoms with Gasteiger partial charge in [-0.3, -0.25) is 9.59 Å². The van der Waals surface area contributed by atoms with E-state index in [-0.39, 0.29) is 36.4 Å². The number of para-hydroxylation sites is 1. The molecule has 0 heterocycles. The number of hydrogen-bond donors (Lipinski definition) is 1. The molecule has 1 saturated carbocycles. The predicted octanol–water partition coefficient (Wildman–Crippen LogP) is 7.76. The number of hydrogen-bond acceptors (Lipinski definition) is 3. The van der Waals surface area contributed by atoms with E-state index in [0.29, 0.717) is 27.8 Å². The molecule has 1 atom stereocenters. The Bertz CT molecular complexity index is 1320. The second-order valence-corrected chi connectivity index (χ2v) is 12.7. The Balaban J connectivity index is 1.66. The highest BCUT2D eigenvalue weighted by Crippen LogP contribution is 2.31. The van der Waals surface area contributed by atoms with Crippen LogP contribution in [0.4, 0.5) is 0 Å². The molecule has 1 N–H and O–H groups in total. The van der Waals surface area contributed by atoms with Gasteiger partial charge in [0.2, 0.25) is 5.91 Å². The van der Waals surface area contributed by atoms with E-state index in [2.05, 4.69) is 26.1 Å². The molecule has 41 heavy (non-hydrogen) atoms. The molecule has 0 spiro atoms. The van der Waals surface area contributed by atoms with Crippen molar-refractivity contribution in [1.82, 2.24) is 10.2 Å². The molecular formula is C34H40Cl2N2O3. The lowest BCUT2D eigenvalue weighted by Gasteiger charge is -2.34. The van der Waals surface area contributed by atoms with Crippen molar-refractivity contribution in [3.05, 3.63) is 99.5 Å². The number of ether oxygens (including phenoxy) is 1. The highest BCUT2D eigenvalue weighted by molar-refractivity contribution is 6.35. The molecule has 3 aromatic rings. The Labute approximate surface area is 254 Å². The Morgan fingerprint density at radius 3 is 2.32 bits per heavy atom. The van der Waals surface area contributed by atoms with Gasteiger partial charge in [0.15, 0.2) is 6.61 Å². The van der Waals surface area contributed by atoms with Gasteiger partial charge in [0.25, 0.3) is 5.91 Å². The topological polar surface area (TPSA) is 58.6 Å². The number of nitrogens with zero attached hydrogens (tertiary/aromatic N) is 1. The third-order valence-corrected chi connectivity index (χ3v) is 8.21. The van der Waals surface area contributed by atoms with Crippen molar-refractivity contribution in [3.63, 3.8) is 0 Å². The van der Waals surface area contributed by atoms with Gasteiger partial charge in [0.1, 0.15) is 11.8 Å². The maximum absolute atomic E-state index is 14.0. The van der Waals surface area contributed by atoms with Gasteiger partial charge >= 0.3 is 0 Å². The molecule has 0 radical (unpaired) electrons. The molecule has 1 aliphatic rings. The minimum Gasteiger partial charge on any atom is -0.483 e. The zero-order valence-corrected chi connectivity index (χ0v) is 25.7. The van der Waals surface area contributed by atoms with Gasteiger partial charge in [-0.2, -0.15) is 0 Å². The first kappa shape index (κ1) is 30.9. The Hall–Kier alpha value is -3.02. The third-order valence-electron chi connectivity index (χ3n) is 7.62. The molecular weight excluding hydrogens is 555 g/mol. The number of rotatable bonds is 10. The summed E-state index contributed by atoms with van der Waals surface area (Å²) in [5.74, 6) is 0.206. The SMILES string of the molecule is CC(C)(C)c1ccccc1OCC(=O)N(Cc1ccc(Cl)cc1Cl)[C@@H](Cc1ccccc1)C(=O)NC1CCCCC1. The summed E-state index contributed by atoms with van der Waals surface area (Å²) in [5.41, 5.74) is 2.53. The average molecular weight is 596 g/mol. The Morgan fingerprint density at radius 1 is 0.951 bits per heavy atom. The standard InChI is InChI=1S/C34H40Cl2N2O3/c1-34(2,3)28-16-10-11-17-31(28)41-23-32(39)38(22-25-18-19-26(35)21-29(25)36)30(20-24-12-6-4-7-13-24)33(40)37-27-14-8-5-9-15-27/h4,6-7,10-13,16-19,21,27,30H,5,8-9,14-15,20,22-23H2,1-3H3,(H,37,40)/t30-/m0/s1. The van der Waals surface area contributed by atoms with Crippen molar-refractivity contribution in [2.24, 2.45) is 0 Å². The number of carbonyl (C=O) groups is 2. The molecule has 1 aliphatic carbocycles. The number of halogens is 2. The fourth-order valence-electron chi connectivity index (χ4n) is 5.37. The van der Waals surface area contributed by atoms with Crippen molar-refractivity contribution >= 4 is 35.0 Å². The van der Waals surface area contributed by atoms with Crippen LogP contribution in [0.1, 0.15) is 69.6 Å². The van der Waals surface area contributed by atoms with Crippen LogP contribution in [0.25, 0.3) is 0 Å². The van der Waals surface area contributed by atoms with Crippen LogP contribution in [-0.4, -0.2) is 35.4 Å². The molecule has 0 unspecified atom stereocenters. The van der Waals surface area contributed by atoms with Crippen LogP contribution in [-0.2, 0) is 28.0 Å². The molecule has 3 aromatic carbocycles. The maximum Gasteiger partial charge on any atom is 0.261 e. The van der Waals surface area contributed by atoms with E-state index in [0.717, 1.165) is 36.8 Å². The summed E-state index contributed by atoms with van der Waals surface area (Å²) in [6.45, 7) is 6.26. The van der Waals surface area contributed by atoms with Gasteiger partial charge in [-0.05, 0) is 53.1 Å². The molecule has 0 aliphatic heterocycles. The van der Waals surface area contributed by atoms with Gasteiger partial charge in [-0.15, -0.1) is 0 Å². The number of nitrogens with one attached hydrogen (secondary N) is 1. The lowest BCUT2D eigenvalue weighted by atomic mass is 9.86. The van der Waals surface area contributed by atoms with Gasteiger partial charge in [-0.1, -0.05) is 118 Å². The normalized spacial score (nSPS) is 14.8. The summed E-state index contributed by atoms with van der Waals surface area (Å²) in [4.78, 5) is 29.6. The van der Waals surface area contributed by atoms with E-state index in [1.54, 1.807) is 23.1 Å². The van der Waals surface area contributed by atoms with Crippen molar-refractivity contribution in [2.75, 3.05) is 6.61 Å². The summed E-state index contributed by atoms with van der Waals surface area (Å²) >= 11 is 12.7. The fourth-order valence-corrected chi connectivity index (χ4v) is 5.83. The molecule has 218 valence electrons. The summed E-state index contributed by atoms with van der Waals surface area (Å²) in [6, 6.07) is 22.1. The third kappa shape index (κ3) is 8.73. The minimum atomic E-state index is -0.750. The zero-order chi connectivity index (χ0) is 29.4. The second-order valence-electron chi connectivity index (χ2n) is 11.8. The molecule has 0 saturated heterocycles. The summed E-state index contributed by atoms with van der Waals surface area (Å²) in [7, 11) is 0. The number of carbonyl (C=O) groups excluding carboxylic acids is 2. The van der Waals surface area contributed by atoms with Crippen LogP contribution < -0.4 is 10.1 Å². The van der Waals surface area contributed by atoms with Crippen LogP contribution in [0.5, 0.6) is 5.75 Å². The molecule has 0 bridgehead atoms. The summed E-state index contributed by atoms with van der Waals surface area (Å²) < 4.78 is 6.15. The lowest BCUT2D eigenvalue weighted by Crippen LogP contribution is -2.53. The molecule has 2 amide bonds. The largest absolute Gasteiger partial charge is 0.483 e. The number of benzene rings is 3. The Kier molecular flexibility index (Phi) is 10.7. The van der Waals surface area contributed by atoms with E-state index >= 15 is 0 Å². The van der Waals surface area contributed by atoms with E-state index in [1.165, 1.54) is 6.42 Å². The van der Waals surface area contributed by atoms with E-state index in [9.17, 15) is 9.59 Å². The lowest BCUT2D eigenvalue weighted by molar-refractivity contribution is -0.143. The Morgan fingerprint density at radius 2 is 1.63 bits per heavy atom. The highest BCUT2D eigenvalue weighted by atomic mass is 35.5.